The van der Waals surface area contributed by atoms with Crippen LogP contribution < -0.4 is 20.5 Å². The Morgan fingerprint density at radius 1 is 1.30 bits per heavy atom. The van der Waals surface area contributed by atoms with E-state index in [1.807, 2.05) is 52.0 Å². The zero-order chi connectivity index (χ0) is 17.1. The molecular weight excluding hydrogens is 296 g/mol. The Bertz CT molecular complexity index is 556. The first-order chi connectivity index (χ1) is 10.7. The van der Waals surface area contributed by atoms with E-state index >= 15 is 0 Å². The molecule has 0 saturated heterocycles. The fourth-order valence-electron chi connectivity index (χ4n) is 2.27. The number of carbonyl (C=O) groups is 1. The van der Waals surface area contributed by atoms with Crippen molar-refractivity contribution in [3.8, 4) is 11.5 Å². The van der Waals surface area contributed by atoms with Crippen LogP contribution >= 0.6 is 0 Å². The van der Waals surface area contributed by atoms with Crippen LogP contribution in [0.15, 0.2) is 24.3 Å². The van der Waals surface area contributed by atoms with E-state index in [0.717, 1.165) is 5.75 Å². The summed E-state index contributed by atoms with van der Waals surface area (Å²) >= 11 is 0. The molecule has 1 amide bonds. The molecule has 2 unspecified atom stereocenters. The van der Waals surface area contributed by atoms with Crippen LogP contribution in [-0.4, -0.2) is 37.5 Å². The maximum absolute atomic E-state index is 11.9. The number of rotatable bonds is 4. The van der Waals surface area contributed by atoms with Gasteiger partial charge in [-0.25, -0.2) is 4.79 Å². The predicted octanol–water partition coefficient (Wildman–Crippen LogP) is 2.32. The molecule has 1 heterocycles. The summed E-state index contributed by atoms with van der Waals surface area (Å²) in [6.07, 6.45) is -0.716. The molecule has 0 aliphatic carbocycles. The molecule has 0 bridgehead atoms. The molecule has 1 aliphatic rings. The number of hydrogen-bond donors (Lipinski definition) is 2. The molecule has 1 aromatic rings. The lowest BCUT2D eigenvalue weighted by molar-refractivity contribution is -0.000561. The number of alkyl carbamates (subject to hydrolysis) is 1. The summed E-state index contributed by atoms with van der Waals surface area (Å²) in [6.45, 7) is 8.51. The lowest BCUT2D eigenvalue weighted by Crippen LogP contribution is -2.53. The number of benzene rings is 1. The third-order valence-electron chi connectivity index (χ3n) is 3.79. The van der Waals surface area contributed by atoms with Crippen molar-refractivity contribution in [1.82, 2.24) is 5.32 Å². The largest absolute Gasteiger partial charge is 0.486 e. The fraction of sp³-hybridized carbons (Fsp3) is 0.588. The Morgan fingerprint density at radius 3 is 2.57 bits per heavy atom. The quantitative estimate of drug-likeness (QED) is 0.889. The van der Waals surface area contributed by atoms with E-state index in [1.165, 1.54) is 0 Å². The number of fused-ring (bicyclic) bond motifs is 1. The van der Waals surface area contributed by atoms with E-state index in [0.29, 0.717) is 25.4 Å². The topological polar surface area (TPSA) is 82.8 Å². The van der Waals surface area contributed by atoms with Gasteiger partial charge < -0.3 is 25.3 Å². The summed E-state index contributed by atoms with van der Waals surface area (Å²) < 4.78 is 17.0. The van der Waals surface area contributed by atoms with Crippen LogP contribution in [0.2, 0.25) is 0 Å². The minimum absolute atomic E-state index is 0.252. The number of hydrogen-bond acceptors (Lipinski definition) is 5. The number of nitrogens with two attached hydrogens (primary N) is 1. The van der Waals surface area contributed by atoms with Crippen LogP contribution in [-0.2, 0) is 4.74 Å². The number of para-hydroxylation sites is 2. The first-order valence-electron chi connectivity index (χ1n) is 7.79. The maximum atomic E-state index is 11.9. The Hall–Kier alpha value is -1.95. The summed E-state index contributed by atoms with van der Waals surface area (Å²) in [5.41, 5.74) is 4.94. The number of amides is 1. The van der Waals surface area contributed by atoms with Gasteiger partial charge in [0, 0.05) is 18.5 Å². The van der Waals surface area contributed by atoms with Gasteiger partial charge in [0.1, 0.15) is 18.3 Å². The Balaban J connectivity index is 1.99. The molecule has 0 spiro atoms. The van der Waals surface area contributed by atoms with Gasteiger partial charge in [0.05, 0.1) is 0 Å². The Labute approximate surface area is 137 Å². The van der Waals surface area contributed by atoms with Crippen LogP contribution in [0.1, 0.15) is 27.7 Å². The van der Waals surface area contributed by atoms with Crippen molar-refractivity contribution in [1.29, 1.82) is 0 Å². The molecule has 128 valence electrons. The van der Waals surface area contributed by atoms with Crippen molar-refractivity contribution < 1.29 is 19.0 Å². The molecule has 2 atom stereocenters. The third kappa shape index (κ3) is 4.51. The van der Waals surface area contributed by atoms with Gasteiger partial charge in [-0.1, -0.05) is 19.1 Å². The van der Waals surface area contributed by atoms with Gasteiger partial charge in [0.15, 0.2) is 11.5 Å². The highest BCUT2D eigenvalue weighted by atomic mass is 16.6. The monoisotopic (exact) mass is 322 g/mol. The van der Waals surface area contributed by atoms with Crippen molar-refractivity contribution >= 4 is 6.09 Å². The lowest BCUT2D eigenvalue weighted by atomic mass is 9.84. The molecule has 0 saturated carbocycles. The van der Waals surface area contributed by atoms with Gasteiger partial charge in [0.2, 0.25) is 0 Å². The van der Waals surface area contributed by atoms with Gasteiger partial charge in [-0.2, -0.15) is 0 Å². The lowest BCUT2D eigenvalue weighted by Gasteiger charge is -2.39. The highest BCUT2D eigenvalue weighted by Gasteiger charge is 2.39. The average Bonchev–Trinajstić information content (AvgIpc) is 2.50. The van der Waals surface area contributed by atoms with Gasteiger partial charge >= 0.3 is 6.09 Å². The first kappa shape index (κ1) is 17.4. The first-order valence-corrected chi connectivity index (χ1v) is 7.79. The van der Waals surface area contributed by atoms with Gasteiger partial charge in [-0.15, -0.1) is 0 Å². The number of carbonyl (C=O) groups excluding carboxylic acids is 1. The zero-order valence-electron chi connectivity index (χ0n) is 14.2. The molecule has 1 aromatic carbocycles. The third-order valence-corrected chi connectivity index (χ3v) is 3.79. The van der Waals surface area contributed by atoms with Crippen LogP contribution in [0.3, 0.4) is 0 Å². The molecular formula is C17H26N2O4. The number of nitrogens with one attached hydrogen (secondary N) is 1. The van der Waals surface area contributed by atoms with E-state index in [4.69, 9.17) is 19.9 Å². The Kier molecular flexibility index (Phi) is 5.04. The molecule has 0 aromatic heterocycles. The van der Waals surface area contributed by atoms with Crippen molar-refractivity contribution in [2.45, 2.75) is 39.4 Å². The predicted molar refractivity (Wildman–Crippen MR) is 87.8 cm³/mol. The van der Waals surface area contributed by atoms with Crippen molar-refractivity contribution in [2.75, 3.05) is 19.7 Å². The zero-order valence-corrected chi connectivity index (χ0v) is 14.2. The van der Waals surface area contributed by atoms with E-state index in [-0.39, 0.29) is 6.10 Å². The normalized spacial score (nSPS) is 19.6. The highest BCUT2D eigenvalue weighted by molar-refractivity contribution is 5.67. The summed E-state index contributed by atoms with van der Waals surface area (Å²) in [5, 5.41) is 2.78. The molecule has 0 radical (unpaired) electrons. The van der Waals surface area contributed by atoms with Crippen LogP contribution in [0, 0.1) is 5.41 Å². The molecule has 6 nitrogen and oxygen atoms in total. The van der Waals surface area contributed by atoms with Gasteiger partial charge in [-0.05, 0) is 32.9 Å². The molecule has 0 fully saturated rings. The van der Waals surface area contributed by atoms with Gasteiger partial charge in [-0.3, -0.25) is 0 Å². The van der Waals surface area contributed by atoms with Crippen LogP contribution in [0.5, 0.6) is 11.5 Å². The highest BCUT2D eigenvalue weighted by Crippen LogP contribution is 2.35. The van der Waals surface area contributed by atoms with Crippen molar-refractivity contribution in [3.05, 3.63) is 24.3 Å². The van der Waals surface area contributed by atoms with E-state index in [9.17, 15) is 4.79 Å². The standard InChI is InChI=1S/C17H26N2O4/c1-16(2,3)23-15(20)19-11-17(4,10-18)14-9-21-12-7-5-6-8-13(12)22-14/h5-8,14H,9-11,18H2,1-4H3,(H,19,20). The maximum Gasteiger partial charge on any atom is 0.407 e. The van der Waals surface area contributed by atoms with Crippen molar-refractivity contribution in [3.63, 3.8) is 0 Å². The minimum atomic E-state index is -0.535. The number of ether oxygens (including phenoxy) is 3. The van der Waals surface area contributed by atoms with E-state index in [2.05, 4.69) is 5.32 Å². The van der Waals surface area contributed by atoms with E-state index < -0.39 is 17.1 Å². The molecule has 2 rings (SSSR count). The van der Waals surface area contributed by atoms with Crippen LogP contribution in [0.25, 0.3) is 0 Å². The van der Waals surface area contributed by atoms with Crippen molar-refractivity contribution in [2.24, 2.45) is 11.1 Å². The SMILES string of the molecule is CC(C)(C)OC(=O)NCC(C)(CN)C1COc2ccccc2O1. The smallest absolute Gasteiger partial charge is 0.407 e. The molecule has 23 heavy (non-hydrogen) atoms. The summed E-state index contributed by atoms with van der Waals surface area (Å²) in [7, 11) is 0. The Morgan fingerprint density at radius 2 is 1.96 bits per heavy atom. The molecule has 6 heteroatoms. The fourth-order valence-corrected chi connectivity index (χ4v) is 2.27. The second-order valence-corrected chi connectivity index (χ2v) is 7.08. The molecule has 1 aliphatic heterocycles. The van der Waals surface area contributed by atoms with E-state index in [1.54, 1.807) is 0 Å². The minimum Gasteiger partial charge on any atom is -0.486 e. The van der Waals surface area contributed by atoms with Gasteiger partial charge in [0.25, 0.3) is 0 Å². The summed E-state index contributed by atoms with van der Waals surface area (Å²) in [5.74, 6) is 1.42. The second-order valence-electron chi connectivity index (χ2n) is 7.08. The summed E-state index contributed by atoms with van der Waals surface area (Å²) in [4.78, 5) is 11.9. The summed E-state index contributed by atoms with van der Waals surface area (Å²) in [6, 6.07) is 7.52. The molecule has 3 N–H and O–H groups in total. The van der Waals surface area contributed by atoms with Crippen LogP contribution in [0.4, 0.5) is 4.79 Å². The second kappa shape index (κ2) is 6.66. The average molecular weight is 322 g/mol.